The van der Waals surface area contributed by atoms with Crippen LogP contribution in [0.25, 0.3) is 10.9 Å². The molecule has 0 unspecified atom stereocenters. The number of nitrogens with zero attached hydrogens (tertiary/aromatic N) is 2. The van der Waals surface area contributed by atoms with Crippen LogP contribution in [0.3, 0.4) is 0 Å². The summed E-state index contributed by atoms with van der Waals surface area (Å²) in [4.78, 5) is 17.3. The summed E-state index contributed by atoms with van der Waals surface area (Å²) >= 11 is 0. The van der Waals surface area contributed by atoms with Gasteiger partial charge in [0.15, 0.2) is 0 Å². The van der Waals surface area contributed by atoms with Crippen LogP contribution in [-0.4, -0.2) is 9.55 Å². The molecule has 108 valence electrons. The lowest BCUT2D eigenvalue weighted by Gasteiger charge is -2.31. The maximum absolute atomic E-state index is 14.0. The molecule has 3 nitrogen and oxygen atoms in total. The Morgan fingerprint density at radius 3 is 2.20 bits per heavy atom. The van der Waals surface area contributed by atoms with Crippen LogP contribution in [-0.2, 0) is 11.0 Å². The molecular weight excluding hydrogens is 255 g/mol. The number of halogens is 1. The molecule has 0 N–H and O–H groups in total. The van der Waals surface area contributed by atoms with Crippen LogP contribution in [0.4, 0.5) is 4.39 Å². The molecule has 2 rings (SSSR count). The van der Waals surface area contributed by atoms with E-state index in [1.54, 1.807) is 16.7 Å². The Morgan fingerprint density at radius 2 is 1.70 bits per heavy atom. The Kier molecular flexibility index (Phi) is 3.23. The fraction of sp³-hybridized carbons (Fsp3) is 0.500. The monoisotopic (exact) mass is 276 g/mol. The van der Waals surface area contributed by atoms with Gasteiger partial charge >= 0.3 is 0 Å². The largest absolute Gasteiger partial charge is 0.290 e. The summed E-state index contributed by atoms with van der Waals surface area (Å²) in [7, 11) is 0. The summed E-state index contributed by atoms with van der Waals surface area (Å²) in [5.41, 5.74) is -0.651. The highest BCUT2D eigenvalue weighted by atomic mass is 19.1. The predicted molar refractivity (Wildman–Crippen MR) is 79.7 cm³/mol. The van der Waals surface area contributed by atoms with Crippen molar-refractivity contribution in [2.45, 2.75) is 52.5 Å². The first-order valence-corrected chi connectivity index (χ1v) is 6.76. The van der Waals surface area contributed by atoms with E-state index in [2.05, 4.69) is 4.98 Å². The zero-order chi connectivity index (χ0) is 15.3. The average molecular weight is 276 g/mol. The van der Waals surface area contributed by atoms with Crippen LogP contribution in [0.2, 0.25) is 0 Å². The minimum absolute atomic E-state index is 0.0652. The van der Waals surface area contributed by atoms with Gasteiger partial charge in [-0.05, 0) is 32.9 Å². The van der Waals surface area contributed by atoms with E-state index in [1.165, 1.54) is 6.07 Å². The topological polar surface area (TPSA) is 34.9 Å². The summed E-state index contributed by atoms with van der Waals surface area (Å²) in [6.45, 7) is 11.8. The van der Waals surface area contributed by atoms with Crippen LogP contribution in [0.5, 0.6) is 0 Å². The van der Waals surface area contributed by atoms with Crippen LogP contribution in [0, 0.1) is 5.82 Å². The molecule has 0 fully saturated rings. The van der Waals surface area contributed by atoms with Gasteiger partial charge in [0.25, 0.3) is 5.56 Å². The fourth-order valence-electron chi connectivity index (χ4n) is 2.32. The Bertz CT molecular complexity index is 718. The number of hydrogen-bond acceptors (Lipinski definition) is 2. The molecule has 0 amide bonds. The number of fused-ring (bicyclic) bond motifs is 1. The van der Waals surface area contributed by atoms with Crippen LogP contribution in [0.1, 0.15) is 47.4 Å². The third-order valence-corrected chi connectivity index (χ3v) is 3.19. The number of aromatic nitrogens is 2. The molecular formula is C16H21FN2O. The highest BCUT2D eigenvalue weighted by Crippen LogP contribution is 2.26. The van der Waals surface area contributed by atoms with Crippen molar-refractivity contribution in [3.05, 3.63) is 40.2 Å². The Labute approximate surface area is 118 Å². The molecule has 4 heteroatoms. The van der Waals surface area contributed by atoms with Crippen molar-refractivity contribution in [3.63, 3.8) is 0 Å². The van der Waals surface area contributed by atoms with E-state index in [0.29, 0.717) is 11.3 Å². The number of benzene rings is 1. The molecule has 1 aromatic heterocycles. The maximum atomic E-state index is 14.0. The molecule has 0 aliphatic rings. The summed E-state index contributed by atoms with van der Waals surface area (Å²) in [6.07, 6.45) is 0. The van der Waals surface area contributed by atoms with E-state index in [4.69, 9.17) is 0 Å². The molecule has 0 bridgehead atoms. The van der Waals surface area contributed by atoms with Crippen LogP contribution >= 0.6 is 0 Å². The zero-order valence-electron chi connectivity index (χ0n) is 12.9. The van der Waals surface area contributed by atoms with Crippen LogP contribution in [0.15, 0.2) is 23.0 Å². The highest BCUT2D eigenvalue weighted by molar-refractivity contribution is 5.78. The normalized spacial score (nSPS) is 12.9. The van der Waals surface area contributed by atoms with Gasteiger partial charge in [-0.25, -0.2) is 9.37 Å². The van der Waals surface area contributed by atoms with Crippen molar-refractivity contribution in [2.24, 2.45) is 0 Å². The van der Waals surface area contributed by atoms with Crippen molar-refractivity contribution in [1.82, 2.24) is 9.55 Å². The molecule has 0 spiro atoms. The Hall–Kier alpha value is -1.71. The van der Waals surface area contributed by atoms with Crippen LogP contribution < -0.4 is 5.56 Å². The van der Waals surface area contributed by atoms with Gasteiger partial charge in [-0.1, -0.05) is 26.8 Å². The van der Waals surface area contributed by atoms with E-state index < -0.39 is 11.4 Å². The van der Waals surface area contributed by atoms with E-state index in [0.717, 1.165) is 0 Å². The lowest BCUT2D eigenvalue weighted by atomic mass is 9.93. The van der Waals surface area contributed by atoms with Crippen molar-refractivity contribution in [3.8, 4) is 0 Å². The molecule has 0 saturated heterocycles. The van der Waals surface area contributed by atoms with Gasteiger partial charge < -0.3 is 0 Å². The van der Waals surface area contributed by atoms with Gasteiger partial charge in [-0.15, -0.1) is 0 Å². The minimum Gasteiger partial charge on any atom is -0.290 e. The minimum atomic E-state index is -0.515. The zero-order valence-corrected chi connectivity index (χ0v) is 12.9. The fourth-order valence-corrected chi connectivity index (χ4v) is 2.32. The summed E-state index contributed by atoms with van der Waals surface area (Å²) in [6, 6.07) is 4.56. The second-order valence-corrected chi connectivity index (χ2v) is 7.13. The number of rotatable bonds is 0. The second-order valence-electron chi connectivity index (χ2n) is 7.13. The van der Waals surface area contributed by atoms with Crippen molar-refractivity contribution in [2.75, 3.05) is 0 Å². The molecule has 0 aliphatic heterocycles. The SMILES string of the molecule is CC(C)(C)c1nc2cccc(F)c2c(=O)n1C(C)(C)C. The molecule has 2 aromatic rings. The first-order valence-electron chi connectivity index (χ1n) is 6.76. The van der Waals surface area contributed by atoms with Crippen molar-refractivity contribution in [1.29, 1.82) is 0 Å². The first-order chi connectivity index (χ1) is 9.03. The summed E-state index contributed by atoms with van der Waals surface area (Å²) in [5.74, 6) is 0.159. The predicted octanol–water partition coefficient (Wildman–Crippen LogP) is 3.59. The Balaban J connectivity index is 3.04. The highest BCUT2D eigenvalue weighted by Gasteiger charge is 2.29. The van der Waals surface area contributed by atoms with Gasteiger partial charge in [0.2, 0.25) is 0 Å². The van der Waals surface area contributed by atoms with E-state index in [1.807, 2.05) is 41.5 Å². The van der Waals surface area contributed by atoms with Crippen molar-refractivity contribution >= 4 is 10.9 Å². The molecule has 0 atom stereocenters. The Morgan fingerprint density at radius 1 is 1.10 bits per heavy atom. The van der Waals surface area contributed by atoms with Gasteiger partial charge in [0.1, 0.15) is 17.0 Å². The van der Waals surface area contributed by atoms with Gasteiger partial charge in [0, 0.05) is 11.0 Å². The second kappa shape index (κ2) is 4.40. The summed E-state index contributed by atoms with van der Waals surface area (Å²) in [5, 5.41) is 0.0652. The molecule has 0 aliphatic carbocycles. The summed E-state index contributed by atoms with van der Waals surface area (Å²) < 4.78 is 15.6. The lowest BCUT2D eigenvalue weighted by molar-refractivity contribution is 0.337. The molecule has 1 aromatic carbocycles. The molecule has 1 heterocycles. The smallest absolute Gasteiger partial charge is 0.264 e. The van der Waals surface area contributed by atoms with Crippen molar-refractivity contribution < 1.29 is 4.39 Å². The molecule has 20 heavy (non-hydrogen) atoms. The van der Waals surface area contributed by atoms with E-state index in [-0.39, 0.29) is 16.4 Å². The quantitative estimate of drug-likeness (QED) is 0.737. The molecule has 0 radical (unpaired) electrons. The third-order valence-electron chi connectivity index (χ3n) is 3.19. The van der Waals surface area contributed by atoms with E-state index >= 15 is 0 Å². The number of hydrogen-bond donors (Lipinski definition) is 0. The first kappa shape index (κ1) is 14.7. The van der Waals surface area contributed by atoms with Gasteiger partial charge in [-0.2, -0.15) is 0 Å². The van der Waals surface area contributed by atoms with Gasteiger partial charge in [0.05, 0.1) is 5.52 Å². The maximum Gasteiger partial charge on any atom is 0.264 e. The standard InChI is InChI=1S/C16H21FN2O/c1-15(2,3)14-18-11-9-7-8-10(17)12(11)13(20)19(14)16(4,5)6/h7-9H,1-6H3. The molecule has 0 saturated carbocycles. The van der Waals surface area contributed by atoms with Gasteiger partial charge in [-0.3, -0.25) is 9.36 Å². The third kappa shape index (κ3) is 2.35. The average Bonchev–Trinajstić information content (AvgIpc) is 2.25. The van der Waals surface area contributed by atoms with E-state index in [9.17, 15) is 9.18 Å². The lowest BCUT2D eigenvalue weighted by Crippen LogP contribution is -2.41.